The van der Waals surface area contributed by atoms with Gasteiger partial charge in [0.1, 0.15) is 6.04 Å². The van der Waals surface area contributed by atoms with E-state index in [4.69, 9.17) is 0 Å². The van der Waals surface area contributed by atoms with E-state index in [1.165, 1.54) is 12.8 Å². The molecule has 2 N–H and O–H groups in total. The molecule has 2 rings (SSSR count). The Kier molecular flexibility index (Phi) is 6.16. The summed E-state index contributed by atoms with van der Waals surface area (Å²) >= 11 is 0. The number of carboxylic acid groups (broad SMARTS) is 1. The molecule has 0 bridgehead atoms. The molecule has 23 heavy (non-hydrogen) atoms. The van der Waals surface area contributed by atoms with Crippen molar-refractivity contribution in [3.8, 4) is 0 Å². The topological polar surface area (TPSA) is 69.6 Å². The fraction of sp³-hybridized carbons (Fsp3) is 0.556. The lowest BCUT2D eigenvalue weighted by atomic mass is 9.98. The number of carbonyl (C=O) groups is 2. The molecule has 2 atom stereocenters. The van der Waals surface area contributed by atoms with Gasteiger partial charge in [-0.2, -0.15) is 0 Å². The maximum absolute atomic E-state index is 12.6. The molecule has 2 unspecified atom stereocenters. The standard InChI is InChI=1S/C18H26N2O3/c1-3-13(2)16(18(22)23)19-17(21)15-9-5-4-8-14(15)12-20-10-6-7-11-20/h4-5,8-9,13,16H,3,6-7,10-12H2,1-2H3,(H,19,21)(H,22,23). The predicted octanol–water partition coefficient (Wildman–Crippen LogP) is 2.51. The van der Waals surface area contributed by atoms with Crippen molar-refractivity contribution in [2.24, 2.45) is 5.92 Å². The van der Waals surface area contributed by atoms with Gasteiger partial charge in [-0.1, -0.05) is 38.5 Å². The van der Waals surface area contributed by atoms with Crippen LogP contribution in [0.1, 0.15) is 49.0 Å². The number of nitrogens with one attached hydrogen (secondary N) is 1. The summed E-state index contributed by atoms with van der Waals surface area (Å²) in [6, 6.07) is 6.61. The molecule has 1 aromatic rings. The summed E-state index contributed by atoms with van der Waals surface area (Å²) in [4.78, 5) is 26.3. The van der Waals surface area contributed by atoms with Crippen LogP contribution >= 0.6 is 0 Å². The van der Waals surface area contributed by atoms with Crippen molar-refractivity contribution >= 4 is 11.9 Å². The van der Waals surface area contributed by atoms with Crippen LogP contribution in [-0.4, -0.2) is 41.0 Å². The maximum atomic E-state index is 12.6. The van der Waals surface area contributed by atoms with Crippen LogP contribution in [0.5, 0.6) is 0 Å². The van der Waals surface area contributed by atoms with Crippen molar-refractivity contribution in [3.05, 3.63) is 35.4 Å². The molecule has 1 heterocycles. The smallest absolute Gasteiger partial charge is 0.326 e. The van der Waals surface area contributed by atoms with Gasteiger partial charge in [-0.05, 0) is 43.5 Å². The first kappa shape index (κ1) is 17.5. The second-order valence-corrected chi connectivity index (χ2v) is 6.32. The molecular weight excluding hydrogens is 292 g/mol. The summed E-state index contributed by atoms with van der Waals surface area (Å²) in [7, 11) is 0. The monoisotopic (exact) mass is 318 g/mol. The van der Waals surface area contributed by atoms with Gasteiger partial charge in [0.05, 0.1) is 0 Å². The van der Waals surface area contributed by atoms with E-state index in [9.17, 15) is 14.7 Å². The van der Waals surface area contributed by atoms with Crippen molar-refractivity contribution < 1.29 is 14.7 Å². The van der Waals surface area contributed by atoms with E-state index in [0.717, 1.165) is 25.2 Å². The Morgan fingerprint density at radius 2 is 1.91 bits per heavy atom. The van der Waals surface area contributed by atoms with Crippen LogP contribution < -0.4 is 5.32 Å². The van der Waals surface area contributed by atoms with E-state index in [1.54, 1.807) is 6.07 Å². The third kappa shape index (κ3) is 4.55. The van der Waals surface area contributed by atoms with Crippen molar-refractivity contribution in [3.63, 3.8) is 0 Å². The van der Waals surface area contributed by atoms with Crippen molar-refractivity contribution in [1.29, 1.82) is 0 Å². The third-order valence-electron chi connectivity index (χ3n) is 4.62. The summed E-state index contributed by atoms with van der Waals surface area (Å²) in [6.07, 6.45) is 3.10. The van der Waals surface area contributed by atoms with Gasteiger partial charge in [0.2, 0.25) is 0 Å². The highest BCUT2D eigenvalue weighted by Gasteiger charge is 2.26. The Labute approximate surface area is 137 Å². The van der Waals surface area contributed by atoms with Crippen LogP contribution in [0.3, 0.4) is 0 Å². The van der Waals surface area contributed by atoms with Crippen molar-refractivity contribution in [1.82, 2.24) is 10.2 Å². The number of benzene rings is 1. The van der Waals surface area contributed by atoms with Crippen LogP contribution in [0.2, 0.25) is 0 Å². The number of aliphatic carboxylic acids is 1. The van der Waals surface area contributed by atoms with Gasteiger partial charge in [0, 0.05) is 12.1 Å². The molecule has 1 saturated heterocycles. The van der Waals surface area contributed by atoms with E-state index in [-0.39, 0.29) is 11.8 Å². The fourth-order valence-electron chi connectivity index (χ4n) is 2.96. The molecule has 1 aromatic carbocycles. The summed E-state index contributed by atoms with van der Waals surface area (Å²) in [6.45, 7) is 6.62. The lowest BCUT2D eigenvalue weighted by molar-refractivity contribution is -0.140. The van der Waals surface area contributed by atoms with Crippen molar-refractivity contribution in [2.75, 3.05) is 13.1 Å². The summed E-state index contributed by atoms with van der Waals surface area (Å²) in [5.74, 6) is -1.39. The number of likely N-dealkylation sites (tertiary alicyclic amines) is 1. The minimum atomic E-state index is -0.982. The van der Waals surface area contributed by atoms with E-state index in [1.807, 2.05) is 32.0 Å². The second-order valence-electron chi connectivity index (χ2n) is 6.32. The molecule has 5 nitrogen and oxygen atoms in total. The van der Waals surface area contributed by atoms with Gasteiger partial charge in [-0.3, -0.25) is 9.69 Å². The molecule has 1 aliphatic heterocycles. The third-order valence-corrected chi connectivity index (χ3v) is 4.62. The molecule has 1 fully saturated rings. The van der Waals surface area contributed by atoms with E-state index < -0.39 is 12.0 Å². The SMILES string of the molecule is CCC(C)C(NC(=O)c1ccccc1CN1CCCC1)C(=O)O. The molecule has 0 saturated carbocycles. The lowest BCUT2D eigenvalue weighted by Gasteiger charge is -2.22. The van der Waals surface area contributed by atoms with Gasteiger partial charge in [-0.15, -0.1) is 0 Å². The molecule has 0 aliphatic carbocycles. The highest BCUT2D eigenvalue weighted by atomic mass is 16.4. The lowest BCUT2D eigenvalue weighted by Crippen LogP contribution is -2.45. The molecule has 0 spiro atoms. The van der Waals surface area contributed by atoms with Crippen LogP contribution in [0, 0.1) is 5.92 Å². The average molecular weight is 318 g/mol. The zero-order valence-corrected chi connectivity index (χ0v) is 13.9. The van der Waals surface area contributed by atoms with Gasteiger partial charge in [0.25, 0.3) is 5.91 Å². The first-order valence-electron chi connectivity index (χ1n) is 8.36. The van der Waals surface area contributed by atoms with E-state index >= 15 is 0 Å². The highest BCUT2D eigenvalue weighted by molar-refractivity contribution is 5.97. The fourth-order valence-corrected chi connectivity index (χ4v) is 2.96. The second kappa shape index (κ2) is 8.11. The Bertz CT molecular complexity index is 553. The normalized spacial score (nSPS) is 17.7. The maximum Gasteiger partial charge on any atom is 0.326 e. The Morgan fingerprint density at radius 3 is 2.52 bits per heavy atom. The summed E-state index contributed by atoms with van der Waals surface area (Å²) in [5, 5.41) is 12.0. The zero-order chi connectivity index (χ0) is 16.8. The largest absolute Gasteiger partial charge is 0.480 e. The first-order chi connectivity index (χ1) is 11.0. The molecule has 126 valence electrons. The minimum absolute atomic E-state index is 0.109. The van der Waals surface area contributed by atoms with E-state index in [2.05, 4.69) is 10.2 Å². The Balaban J connectivity index is 2.13. The summed E-state index contributed by atoms with van der Waals surface area (Å²) in [5.41, 5.74) is 1.54. The molecule has 1 aliphatic rings. The van der Waals surface area contributed by atoms with Crippen LogP contribution in [0.25, 0.3) is 0 Å². The number of amides is 1. The predicted molar refractivity (Wildman–Crippen MR) is 89.3 cm³/mol. The number of carboxylic acids is 1. The molecular formula is C18H26N2O3. The van der Waals surface area contributed by atoms with Crippen LogP contribution in [0.15, 0.2) is 24.3 Å². The quantitative estimate of drug-likeness (QED) is 0.810. The number of hydrogen-bond donors (Lipinski definition) is 2. The van der Waals surface area contributed by atoms with Gasteiger partial charge >= 0.3 is 5.97 Å². The molecule has 1 amide bonds. The van der Waals surface area contributed by atoms with Crippen LogP contribution in [-0.2, 0) is 11.3 Å². The average Bonchev–Trinajstić information content (AvgIpc) is 3.05. The number of rotatable bonds is 7. The first-order valence-corrected chi connectivity index (χ1v) is 8.36. The van der Waals surface area contributed by atoms with Gasteiger partial charge in [-0.25, -0.2) is 4.79 Å². The molecule has 0 aromatic heterocycles. The highest BCUT2D eigenvalue weighted by Crippen LogP contribution is 2.17. The molecule has 5 heteroatoms. The van der Waals surface area contributed by atoms with E-state index in [0.29, 0.717) is 12.0 Å². The van der Waals surface area contributed by atoms with Gasteiger partial charge < -0.3 is 10.4 Å². The number of carbonyl (C=O) groups excluding carboxylic acids is 1. The zero-order valence-electron chi connectivity index (χ0n) is 13.9. The molecule has 0 radical (unpaired) electrons. The summed E-state index contributed by atoms with van der Waals surface area (Å²) < 4.78 is 0. The Morgan fingerprint density at radius 1 is 1.26 bits per heavy atom. The van der Waals surface area contributed by atoms with Gasteiger partial charge in [0.15, 0.2) is 0 Å². The number of hydrogen-bond acceptors (Lipinski definition) is 3. The minimum Gasteiger partial charge on any atom is -0.480 e. The van der Waals surface area contributed by atoms with Crippen LogP contribution in [0.4, 0.5) is 0 Å². The Hall–Kier alpha value is -1.88. The number of nitrogens with zero attached hydrogens (tertiary/aromatic N) is 1. The van der Waals surface area contributed by atoms with Crippen molar-refractivity contribution in [2.45, 2.75) is 45.7 Å².